The van der Waals surface area contributed by atoms with Gasteiger partial charge in [0.25, 0.3) is 5.91 Å². The summed E-state index contributed by atoms with van der Waals surface area (Å²) < 4.78 is 5.30. The molecule has 1 fully saturated rings. The number of nitrogens with zero attached hydrogens (tertiary/aromatic N) is 3. The Kier molecular flexibility index (Phi) is 4.53. The van der Waals surface area contributed by atoms with Gasteiger partial charge in [-0.2, -0.15) is 5.10 Å². The van der Waals surface area contributed by atoms with Gasteiger partial charge in [0.2, 0.25) is 0 Å². The molecule has 4 rings (SSSR count). The standard InChI is InChI=1S/C19H21N5O2/c1-20-14-8-9-24(12-14)15-6-4-13(5-7-15)21-19(25)17-11-16(22-23-17)18-3-2-10-26-18/h2-7,10,14,20H,8-9,11-12H2,1H3,(H,21,25). The zero-order valence-electron chi connectivity index (χ0n) is 14.6. The summed E-state index contributed by atoms with van der Waals surface area (Å²) in [4.78, 5) is 14.7. The van der Waals surface area contributed by atoms with Crippen molar-refractivity contribution < 1.29 is 9.21 Å². The second-order valence-corrected chi connectivity index (χ2v) is 6.47. The lowest BCUT2D eigenvalue weighted by Crippen LogP contribution is -2.29. The number of benzene rings is 1. The molecule has 0 bridgehead atoms. The van der Waals surface area contributed by atoms with E-state index in [0.29, 0.717) is 29.6 Å². The molecular weight excluding hydrogens is 330 g/mol. The number of rotatable bonds is 5. The Labute approximate surface area is 151 Å². The van der Waals surface area contributed by atoms with Crippen molar-refractivity contribution in [2.45, 2.75) is 18.9 Å². The quantitative estimate of drug-likeness (QED) is 0.866. The van der Waals surface area contributed by atoms with Crippen molar-refractivity contribution in [1.82, 2.24) is 5.32 Å². The normalized spacial score (nSPS) is 19.4. The van der Waals surface area contributed by atoms with Crippen molar-refractivity contribution in [2.75, 3.05) is 30.4 Å². The smallest absolute Gasteiger partial charge is 0.272 e. The first-order valence-corrected chi connectivity index (χ1v) is 8.74. The second kappa shape index (κ2) is 7.13. The van der Waals surface area contributed by atoms with Crippen LogP contribution in [0.2, 0.25) is 0 Å². The molecule has 1 aromatic carbocycles. The minimum absolute atomic E-state index is 0.237. The molecule has 3 heterocycles. The predicted octanol–water partition coefficient (Wildman–Crippen LogP) is 2.27. The Balaban J connectivity index is 1.34. The molecule has 0 aliphatic carbocycles. The van der Waals surface area contributed by atoms with Crippen molar-refractivity contribution in [3.05, 3.63) is 48.4 Å². The highest BCUT2D eigenvalue weighted by molar-refractivity contribution is 6.47. The zero-order chi connectivity index (χ0) is 17.9. The van der Waals surface area contributed by atoms with Gasteiger partial charge < -0.3 is 20.0 Å². The van der Waals surface area contributed by atoms with Gasteiger partial charge in [0, 0.05) is 36.9 Å². The van der Waals surface area contributed by atoms with E-state index in [1.807, 2.05) is 37.4 Å². The third-order valence-electron chi connectivity index (χ3n) is 4.78. The van der Waals surface area contributed by atoms with Crippen LogP contribution in [-0.4, -0.2) is 43.5 Å². The molecule has 2 N–H and O–H groups in total. The summed E-state index contributed by atoms with van der Waals surface area (Å²) in [5, 5.41) is 14.2. The van der Waals surface area contributed by atoms with Gasteiger partial charge in [-0.25, -0.2) is 0 Å². The first-order chi connectivity index (χ1) is 12.7. The molecule has 1 saturated heterocycles. The number of likely N-dealkylation sites (N-methyl/N-ethyl adjacent to an activating group) is 1. The summed E-state index contributed by atoms with van der Waals surface area (Å²) >= 11 is 0. The van der Waals surface area contributed by atoms with Gasteiger partial charge >= 0.3 is 0 Å². The summed E-state index contributed by atoms with van der Waals surface area (Å²) in [5.74, 6) is 0.408. The van der Waals surface area contributed by atoms with E-state index in [1.165, 1.54) is 5.69 Å². The van der Waals surface area contributed by atoms with Crippen molar-refractivity contribution >= 4 is 28.7 Å². The summed E-state index contributed by atoms with van der Waals surface area (Å²) in [6, 6.07) is 12.1. The number of carbonyl (C=O) groups is 1. The Hall–Kier alpha value is -2.93. The van der Waals surface area contributed by atoms with Crippen molar-refractivity contribution in [3.8, 4) is 0 Å². The van der Waals surface area contributed by atoms with E-state index in [-0.39, 0.29) is 5.91 Å². The number of anilines is 2. The van der Waals surface area contributed by atoms with Crippen LogP contribution in [0.25, 0.3) is 0 Å². The monoisotopic (exact) mass is 351 g/mol. The molecule has 0 radical (unpaired) electrons. The summed E-state index contributed by atoms with van der Waals surface area (Å²) in [5.41, 5.74) is 2.97. The molecule has 2 aliphatic rings. The molecule has 2 aliphatic heterocycles. The van der Waals surface area contributed by atoms with Crippen LogP contribution in [0.15, 0.2) is 57.3 Å². The van der Waals surface area contributed by atoms with Gasteiger partial charge in [-0.1, -0.05) is 0 Å². The van der Waals surface area contributed by atoms with Gasteiger partial charge in [-0.3, -0.25) is 4.79 Å². The molecule has 7 nitrogen and oxygen atoms in total. The molecule has 134 valence electrons. The van der Waals surface area contributed by atoms with E-state index >= 15 is 0 Å². The average Bonchev–Trinajstić information content (AvgIpc) is 3.42. The van der Waals surface area contributed by atoms with Crippen LogP contribution < -0.4 is 15.5 Å². The first-order valence-electron chi connectivity index (χ1n) is 8.74. The number of hydrogen-bond acceptors (Lipinski definition) is 6. The minimum Gasteiger partial charge on any atom is -0.463 e. The average molecular weight is 351 g/mol. The fourth-order valence-corrected chi connectivity index (χ4v) is 3.24. The van der Waals surface area contributed by atoms with Crippen LogP contribution >= 0.6 is 0 Å². The maximum absolute atomic E-state index is 12.4. The van der Waals surface area contributed by atoms with Gasteiger partial charge in [0.05, 0.1) is 6.26 Å². The first kappa shape index (κ1) is 16.5. The Bertz CT molecular complexity index is 839. The van der Waals surface area contributed by atoms with E-state index in [9.17, 15) is 4.79 Å². The molecule has 1 atom stereocenters. The molecular formula is C19H21N5O2. The predicted molar refractivity (Wildman–Crippen MR) is 102 cm³/mol. The number of furan rings is 1. The zero-order valence-corrected chi connectivity index (χ0v) is 14.6. The van der Waals surface area contributed by atoms with Gasteiger partial charge in [-0.05, 0) is 49.9 Å². The third kappa shape index (κ3) is 3.39. The van der Waals surface area contributed by atoms with E-state index in [4.69, 9.17) is 4.42 Å². The summed E-state index contributed by atoms with van der Waals surface area (Å²) in [6.07, 6.45) is 3.10. The number of amides is 1. The van der Waals surface area contributed by atoms with Crippen LogP contribution in [-0.2, 0) is 4.79 Å². The maximum atomic E-state index is 12.4. The molecule has 1 aromatic heterocycles. The lowest BCUT2D eigenvalue weighted by Gasteiger charge is -2.19. The lowest BCUT2D eigenvalue weighted by atomic mass is 10.1. The van der Waals surface area contributed by atoms with Crippen LogP contribution in [0.5, 0.6) is 0 Å². The molecule has 0 saturated carbocycles. The highest BCUT2D eigenvalue weighted by Crippen LogP contribution is 2.22. The lowest BCUT2D eigenvalue weighted by molar-refractivity contribution is -0.110. The summed E-state index contributed by atoms with van der Waals surface area (Å²) in [6.45, 7) is 2.05. The number of nitrogens with one attached hydrogen (secondary N) is 2. The Morgan fingerprint density at radius 2 is 2.08 bits per heavy atom. The highest BCUT2D eigenvalue weighted by Gasteiger charge is 2.23. The fourth-order valence-electron chi connectivity index (χ4n) is 3.24. The van der Waals surface area contributed by atoms with Crippen LogP contribution in [0.1, 0.15) is 18.6 Å². The molecule has 26 heavy (non-hydrogen) atoms. The SMILES string of the molecule is CNC1CCN(c2ccc(NC(=O)C3=NN=C(c4ccco4)C3)cc2)C1. The molecule has 1 unspecified atom stereocenters. The molecule has 0 spiro atoms. The third-order valence-corrected chi connectivity index (χ3v) is 4.78. The van der Waals surface area contributed by atoms with E-state index < -0.39 is 0 Å². The van der Waals surface area contributed by atoms with Crippen molar-refractivity contribution in [3.63, 3.8) is 0 Å². The van der Waals surface area contributed by atoms with E-state index in [0.717, 1.165) is 25.2 Å². The van der Waals surface area contributed by atoms with Crippen molar-refractivity contribution in [2.24, 2.45) is 10.2 Å². The minimum atomic E-state index is -0.237. The maximum Gasteiger partial charge on any atom is 0.272 e. The van der Waals surface area contributed by atoms with Crippen LogP contribution in [0.3, 0.4) is 0 Å². The van der Waals surface area contributed by atoms with E-state index in [2.05, 4.69) is 25.7 Å². The summed E-state index contributed by atoms with van der Waals surface area (Å²) in [7, 11) is 2.00. The number of carbonyl (C=O) groups excluding carboxylic acids is 1. The van der Waals surface area contributed by atoms with Gasteiger partial charge in [0.1, 0.15) is 17.2 Å². The van der Waals surface area contributed by atoms with E-state index in [1.54, 1.807) is 12.3 Å². The van der Waals surface area contributed by atoms with Gasteiger partial charge in [0.15, 0.2) is 0 Å². The van der Waals surface area contributed by atoms with Gasteiger partial charge in [-0.15, -0.1) is 5.10 Å². The molecule has 7 heteroatoms. The molecule has 2 aromatic rings. The van der Waals surface area contributed by atoms with Crippen LogP contribution in [0, 0.1) is 0 Å². The Morgan fingerprint density at radius 1 is 1.23 bits per heavy atom. The molecule has 1 amide bonds. The van der Waals surface area contributed by atoms with Crippen molar-refractivity contribution in [1.29, 1.82) is 0 Å². The largest absolute Gasteiger partial charge is 0.463 e. The topological polar surface area (TPSA) is 82.2 Å². The van der Waals surface area contributed by atoms with Crippen LogP contribution in [0.4, 0.5) is 11.4 Å². The fraction of sp³-hybridized carbons (Fsp3) is 0.316. The second-order valence-electron chi connectivity index (χ2n) is 6.47. The Morgan fingerprint density at radius 3 is 2.77 bits per heavy atom. The number of hydrogen-bond donors (Lipinski definition) is 2. The highest BCUT2D eigenvalue weighted by atomic mass is 16.3.